The average molecular weight is 397 g/mol. The van der Waals surface area contributed by atoms with E-state index in [2.05, 4.69) is 26.1 Å². The van der Waals surface area contributed by atoms with E-state index in [0.29, 0.717) is 43.5 Å². The third-order valence-corrected chi connectivity index (χ3v) is 7.24. The normalized spacial score (nSPS) is 17.8. The molecule has 2 N–H and O–H groups in total. The molecule has 0 aliphatic carbocycles. The highest BCUT2D eigenvalue weighted by Gasteiger charge is 2.31. The maximum absolute atomic E-state index is 12.8. The van der Waals surface area contributed by atoms with Crippen LogP contribution in [0.3, 0.4) is 0 Å². The SMILES string of the molecule is CCCc1ccc(S(=O)(=O)N2CC[NH+](CC(=O)N[C@H](C)C(C)C)CC2)cc1. The van der Waals surface area contributed by atoms with E-state index in [-0.39, 0.29) is 11.9 Å². The van der Waals surface area contributed by atoms with Gasteiger partial charge in [0.2, 0.25) is 10.0 Å². The van der Waals surface area contributed by atoms with Gasteiger partial charge in [0, 0.05) is 6.04 Å². The number of nitrogens with zero attached hydrogens (tertiary/aromatic N) is 1. The summed E-state index contributed by atoms with van der Waals surface area (Å²) in [6, 6.07) is 7.37. The maximum atomic E-state index is 12.8. The van der Waals surface area contributed by atoms with Crippen molar-refractivity contribution in [3.8, 4) is 0 Å². The summed E-state index contributed by atoms with van der Waals surface area (Å²) in [5, 5.41) is 3.02. The Bertz CT molecular complexity index is 708. The van der Waals surface area contributed by atoms with Crippen LogP contribution in [0.2, 0.25) is 0 Å². The molecule has 1 aliphatic heterocycles. The van der Waals surface area contributed by atoms with Crippen molar-refractivity contribution in [2.45, 2.75) is 51.5 Å². The molecule has 1 atom stereocenters. The highest BCUT2D eigenvalue weighted by Crippen LogP contribution is 2.17. The number of rotatable bonds is 8. The van der Waals surface area contributed by atoms with Crippen LogP contribution in [-0.2, 0) is 21.2 Å². The van der Waals surface area contributed by atoms with Crippen LogP contribution < -0.4 is 10.2 Å². The average Bonchev–Trinajstić information content (AvgIpc) is 2.62. The molecule has 1 saturated heterocycles. The molecule has 0 spiro atoms. The summed E-state index contributed by atoms with van der Waals surface area (Å²) in [6.07, 6.45) is 2.00. The summed E-state index contributed by atoms with van der Waals surface area (Å²) in [5.74, 6) is 0.434. The third kappa shape index (κ3) is 6.02. The Labute approximate surface area is 164 Å². The van der Waals surface area contributed by atoms with Crippen LogP contribution in [0.5, 0.6) is 0 Å². The van der Waals surface area contributed by atoms with Gasteiger partial charge < -0.3 is 10.2 Å². The largest absolute Gasteiger partial charge is 0.348 e. The van der Waals surface area contributed by atoms with Crippen LogP contribution in [0, 0.1) is 5.92 Å². The fraction of sp³-hybridized carbons (Fsp3) is 0.650. The first-order valence-electron chi connectivity index (χ1n) is 9.96. The third-order valence-electron chi connectivity index (χ3n) is 5.33. The number of hydrogen-bond acceptors (Lipinski definition) is 3. The summed E-state index contributed by atoms with van der Waals surface area (Å²) in [5.41, 5.74) is 1.16. The van der Waals surface area contributed by atoms with Gasteiger partial charge in [0.15, 0.2) is 6.54 Å². The van der Waals surface area contributed by atoms with Gasteiger partial charge in [0.1, 0.15) is 0 Å². The predicted octanol–water partition coefficient (Wildman–Crippen LogP) is 0.689. The van der Waals surface area contributed by atoms with Gasteiger partial charge in [-0.1, -0.05) is 39.3 Å². The predicted molar refractivity (Wildman–Crippen MR) is 107 cm³/mol. The van der Waals surface area contributed by atoms with Gasteiger partial charge >= 0.3 is 0 Å². The zero-order chi connectivity index (χ0) is 20.0. The first-order valence-corrected chi connectivity index (χ1v) is 11.4. The molecule has 2 rings (SSSR count). The highest BCUT2D eigenvalue weighted by molar-refractivity contribution is 7.89. The number of benzene rings is 1. The molecular formula is C20H34N3O3S+. The van der Waals surface area contributed by atoms with E-state index in [9.17, 15) is 13.2 Å². The first-order chi connectivity index (χ1) is 12.7. The molecule has 1 aromatic rings. The van der Waals surface area contributed by atoms with E-state index in [1.807, 2.05) is 19.1 Å². The van der Waals surface area contributed by atoms with Crippen molar-refractivity contribution in [2.24, 2.45) is 5.92 Å². The van der Waals surface area contributed by atoms with Gasteiger partial charge in [-0.25, -0.2) is 8.42 Å². The van der Waals surface area contributed by atoms with Crippen LogP contribution in [0.4, 0.5) is 0 Å². The van der Waals surface area contributed by atoms with Crippen molar-refractivity contribution >= 4 is 15.9 Å². The number of aryl methyl sites for hydroxylation is 1. The number of carbonyl (C=O) groups is 1. The molecule has 1 heterocycles. The molecule has 27 heavy (non-hydrogen) atoms. The van der Waals surface area contributed by atoms with Crippen LogP contribution in [0.1, 0.15) is 39.7 Å². The standard InChI is InChI=1S/C20H33N3O3S/c1-5-6-18-7-9-19(10-8-18)27(25,26)23-13-11-22(12-14-23)15-20(24)21-17(4)16(2)3/h7-10,16-17H,5-6,11-15H2,1-4H3,(H,21,24)/p+1/t17-/m1/s1. The van der Waals surface area contributed by atoms with E-state index in [1.165, 1.54) is 0 Å². The second-order valence-corrected chi connectivity index (χ2v) is 9.76. The van der Waals surface area contributed by atoms with Crippen LogP contribution in [-0.4, -0.2) is 57.4 Å². The van der Waals surface area contributed by atoms with Gasteiger partial charge in [0.05, 0.1) is 31.1 Å². The second-order valence-electron chi connectivity index (χ2n) is 7.83. The summed E-state index contributed by atoms with van der Waals surface area (Å²) in [4.78, 5) is 13.6. The van der Waals surface area contributed by atoms with E-state index >= 15 is 0 Å². The monoisotopic (exact) mass is 396 g/mol. The number of piperazine rings is 1. The van der Waals surface area contributed by atoms with Crippen molar-refractivity contribution in [1.82, 2.24) is 9.62 Å². The molecule has 0 saturated carbocycles. The van der Waals surface area contributed by atoms with Gasteiger partial charge in [-0.2, -0.15) is 4.31 Å². The summed E-state index contributed by atoms with van der Waals surface area (Å²) in [7, 11) is -3.46. The lowest BCUT2D eigenvalue weighted by atomic mass is 10.1. The van der Waals surface area contributed by atoms with Crippen LogP contribution in [0.25, 0.3) is 0 Å². The topological polar surface area (TPSA) is 70.9 Å². The first kappa shape index (κ1) is 21.9. The Kier molecular flexibility index (Phi) is 7.82. The Morgan fingerprint density at radius 3 is 2.26 bits per heavy atom. The van der Waals surface area contributed by atoms with Gasteiger partial charge in [0.25, 0.3) is 5.91 Å². The minimum absolute atomic E-state index is 0.0361. The van der Waals surface area contributed by atoms with Crippen LogP contribution >= 0.6 is 0 Å². The van der Waals surface area contributed by atoms with E-state index < -0.39 is 10.0 Å². The Hall–Kier alpha value is -1.44. The molecule has 152 valence electrons. The molecular weight excluding hydrogens is 362 g/mol. The quantitative estimate of drug-likeness (QED) is 0.679. The molecule has 0 radical (unpaired) electrons. The summed E-state index contributed by atoms with van der Waals surface area (Å²) in [6.45, 7) is 10.9. The Morgan fingerprint density at radius 2 is 1.74 bits per heavy atom. The fourth-order valence-corrected chi connectivity index (χ4v) is 4.63. The lowest BCUT2D eigenvalue weighted by Crippen LogP contribution is -3.15. The molecule has 1 amide bonds. The second kappa shape index (κ2) is 9.66. The Morgan fingerprint density at radius 1 is 1.15 bits per heavy atom. The number of quaternary nitrogens is 1. The molecule has 1 aliphatic rings. The van der Waals surface area contributed by atoms with Crippen molar-refractivity contribution in [3.05, 3.63) is 29.8 Å². The van der Waals surface area contributed by atoms with Crippen LogP contribution in [0.15, 0.2) is 29.2 Å². The van der Waals surface area contributed by atoms with E-state index in [4.69, 9.17) is 0 Å². The molecule has 0 aromatic heterocycles. The van der Waals surface area contributed by atoms with Gasteiger partial charge in [-0.05, 0) is 37.0 Å². The lowest BCUT2D eigenvalue weighted by Gasteiger charge is -2.31. The molecule has 6 nitrogen and oxygen atoms in total. The molecule has 1 aromatic carbocycles. The molecule has 1 fully saturated rings. The smallest absolute Gasteiger partial charge is 0.275 e. The van der Waals surface area contributed by atoms with Gasteiger partial charge in [-0.15, -0.1) is 0 Å². The summed E-state index contributed by atoms with van der Waals surface area (Å²) >= 11 is 0. The molecule has 0 unspecified atom stereocenters. The number of sulfonamides is 1. The number of carbonyl (C=O) groups excluding carboxylic acids is 1. The van der Waals surface area contributed by atoms with E-state index in [0.717, 1.165) is 23.3 Å². The lowest BCUT2D eigenvalue weighted by molar-refractivity contribution is -0.895. The molecule has 7 heteroatoms. The number of hydrogen-bond donors (Lipinski definition) is 2. The molecule has 0 bridgehead atoms. The van der Waals surface area contributed by atoms with Crippen molar-refractivity contribution in [3.63, 3.8) is 0 Å². The van der Waals surface area contributed by atoms with E-state index in [1.54, 1.807) is 16.4 Å². The van der Waals surface area contributed by atoms with Crippen molar-refractivity contribution in [2.75, 3.05) is 32.7 Å². The van der Waals surface area contributed by atoms with Crippen molar-refractivity contribution < 1.29 is 18.1 Å². The number of nitrogens with one attached hydrogen (secondary N) is 2. The zero-order valence-corrected chi connectivity index (χ0v) is 17.8. The minimum atomic E-state index is -3.46. The summed E-state index contributed by atoms with van der Waals surface area (Å²) < 4.78 is 27.2. The fourth-order valence-electron chi connectivity index (χ4n) is 3.18. The maximum Gasteiger partial charge on any atom is 0.275 e. The van der Waals surface area contributed by atoms with Crippen molar-refractivity contribution in [1.29, 1.82) is 0 Å². The highest BCUT2D eigenvalue weighted by atomic mass is 32.2. The zero-order valence-electron chi connectivity index (χ0n) is 17.0. The minimum Gasteiger partial charge on any atom is -0.348 e. The Balaban J connectivity index is 1.89. The van der Waals surface area contributed by atoms with Gasteiger partial charge in [-0.3, -0.25) is 4.79 Å². The number of amides is 1.